The van der Waals surface area contributed by atoms with E-state index < -0.39 is 11.9 Å². The molecule has 1 heterocycles. The molecule has 0 aliphatic carbocycles. The van der Waals surface area contributed by atoms with Crippen molar-refractivity contribution in [2.45, 2.75) is 19.9 Å². The molecule has 1 amide bonds. The Balaban J connectivity index is 1.88. The molecule has 0 aliphatic rings. The van der Waals surface area contributed by atoms with E-state index >= 15 is 0 Å². The summed E-state index contributed by atoms with van der Waals surface area (Å²) in [5.41, 5.74) is 2.27. The predicted molar refractivity (Wildman–Crippen MR) is 119 cm³/mol. The molecular formula is C25H22FN3O2. The van der Waals surface area contributed by atoms with Gasteiger partial charge in [-0.2, -0.15) is 0 Å². The van der Waals surface area contributed by atoms with Gasteiger partial charge in [0.1, 0.15) is 11.6 Å². The number of rotatable bonds is 4. The Morgan fingerprint density at radius 1 is 1.03 bits per heavy atom. The van der Waals surface area contributed by atoms with Gasteiger partial charge in [-0.15, -0.1) is 0 Å². The second-order valence-electron chi connectivity index (χ2n) is 7.57. The zero-order chi connectivity index (χ0) is 22.1. The van der Waals surface area contributed by atoms with Gasteiger partial charge >= 0.3 is 0 Å². The van der Waals surface area contributed by atoms with Gasteiger partial charge in [-0.1, -0.05) is 30.3 Å². The fourth-order valence-corrected chi connectivity index (χ4v) is 3.62. The Morgan fingerprint density at radius 2 is 1.77 bits per heavy atom. The second-order valence-corrected chi connectivity index (χ2v) is 7.57. The van der Waals surface area contributed by atoms with Crippen LogP contribution in [0.2, 0.25) is 0 Å². The lowest BCUT2D eigenvalue weighted by molar-refractivity contribution is 0.0734. The van der Waals surface area contributed by atoms with Crippen LogP contribution in [0.3, 0.4) is 0 Å². The van der Waals surface area contributed by atoms with Gasteiger partial charge in [0.2, 0.25) is 0 Å². The summed E-state index contributed by atoms with van der Waals surface area (Å²) in [6.45, 7) is 3.76. The number of aryl methyl sites for hydroxylation is 1. The van der Waals surface area contributed by atoms with Crippen LogP contribution < -0.4 is 5.56 Å². The van der Waals surface area contributed by atoms with Crippen molar-refractivity contribution < 1.29 is 9.18 Å². The number of fused-ring (bicyclic) bond motifs is 1. The third-order valence-corrected chi connectivity index (χ3v) is 5.41. The average Bonchev–Trinajstić information content (AvgIpc) is 2.77. The zero-order valence-electron chi connectivity index (χ0n) is 17.5. The highest BCUT2D eigenvalue weighted by atomic mass is 19.1. The monoisotopic (exact) mass is 415 g/mol. The van der Waals surface area contributed by atoms with Crippen LogP contribution in [0, 0.1) is 12.7 Å². The van der Waals surface area contributed by atoms with Crippen molar-refractivity contribution in [1.29, 1.82) is 0 Å². The highest BCUT2D eigenvalue weighted by Crippen LogP contribution is 2.23. The van der Waals surface area contributed by atoms with Crippen molar-refractivity contribution in [2.75, 3.05) is 7.05 Å². The minimum Gasteiger partial charge on any atom is -0.332 e. The maximum Gasteiger partial charge on any atom is 0.266 e. The topological polar surface area (TPSA) is 55.2 Å². The highest BCUT2D eigenvalue weighted by Gasteiger charge is 2.25. The lowest BCUT2D eigenvalue weighted by Crippen LogP contribution is -2.35. The van der Waals surface area contributed by atoms with Gasteiger partial charge in [-0.05, 0) is 61.9 Å². The number of nitrogens with zero attached hydrogens (tertiary/aromatic N) is 3. The van der Waals surface area contributed by atoms with Crippen molar-refractivity contribution in [3.8, 4) is 5.69 Å². The number of carbonyl (C=O) groups is 1. The molecule has 0 saturated heterocycles. The van der Waals surface area contributed by atoms with Crippen LogP contribution >= 0.6 is 0 Å². The van der Waals surface area contributed by atoms with Gasteiger partial charge in [0, 0.05) is 12.6 Å². The maximum atomic E-state index is 13.6. The van der Waals surface area contributed by atoms with E-state index in [0.717, 1.165) is 5.56 Å². The van der Waals surface area contributed by atoms with Crippen LogP contribution in [0.1, 0.15) is 34.7 Å². The van der Waals surface area contributed by atoms with Crippen LogP contribution in [0.5, 0.6) is 0 Å². The third kappa shape index (κ3) is 3.84. The number of aromatic nitrogens is 2. The summed E-state index contributed by atoms with van der Waals surface area (Å²) in [4.78, 5) is 32.7. The third-order valence-electron chi connectivity index (χ3n) is 5.41. The average molecular weight is 415 g/mol. The Morgan fingerprint density at radius 3 is 2.52 bits per heavy atom. The molecule has 3 aromatic carbocycles. The van der Waals surface area contributed by atoms with E-state index in [9.17, 15) is 14.0 Å². The first-order valence-corrected chi connectivity index (χ1v) is 9.98. The van der Waals surface area contributed by atoms with E-state index in [4.69, 9.17) is 4.98 Å². The molecule has 0 saturated carbocycles. The molecule has 0 radical (unpaired) electrons. The Labute approximate surface area is 179 Å². The summed E-state index contributed by atoms with van der Waals surface area (Å²) in [5.74, 6) is -0.404. The van der Waals surface area contributed by atoms with Gasteiger partial charge in [0.25, 0.3) is 11.5 Å². The Kier molecular flexibility index (Phi) is 5.38. The van der Waals surface area contributed by atoms with Gasteiger partial charge in [0.15, 0.2) is 0 Å². The lowest BCUT2D eigenvalue weighted by atomic mass is 10.1. The minimum absolute atomic E-state index is 0.204. The number of hydrogen-bond donors (Lipinski definition) is 0. The smallest absolute Gasteiger partial charge is 0.266 e. The fourth-order valence-electron chi connectivity index (χ4n) is 3.62. The molecule has 0 aliphatic heterocycles. The van der Waals surface area contributed by atoms with Crippen LogP contribution in [-0.4, -0.2) is 27.4 Å². The molecular weight excluding hydrogens is 393 g/mol. The maximum absolute atomic E-state index is 13.6. The summed E-state index contributed by atoms with van der Waals surface area (Å²) in [7, 11) is 1.62. The predicted octanol–water partition coefficient (Wildman–Crippen LogP) is 4.67. The standard InChI is InChI=1S/C25H22FN3O2/c1-16-8-6-11-20(14-16)29-23(27-22-13-5-4-12-21(22)25(29)31)17(2)28(3)24(30)18-9-7-10-19(26)15-18/h4-15,17H,1-3H3. The van der Waals surface area contributed by atoms with Gasteiger partial charge in [-0.3, -0.25) is 14.2 Å². The van der Waals surface area contributed by atoms with Gasteiger partial charge < -0.3 is 4.90 Å². The first-order valence-electron chi connectivity index (χ1n) is 9.98. The molecule has 4 rings (SSSR count). The van der Waals surface area contributed by atoms with E-state index in [1.807, 2.05) is 37.3 Å². The molecule has 0 N–H and O–H groups in total. The molecule has 0 bridgehead atoms. The summed E-state index contributed by atoms with van der Waals surface area (Å²) in [6, 6.07) is 19.7. The van der Waals surface area contributed by atoms with Gasteiger partial charge in [-0.25, -0.2) is 9.37 Å². The number of para-hydroxylation sites is 1. The number of halogens is 1. The normalized spacial score (nSPS) is 12.0. The molecule has 0 fully saturated rings. The van der Waals surface area contributed by atoms with Crippen LogP contribution in [0.15, 0.2) is 77.6 Å². The van der Waals surface area contributed by atoms with Crippen LogP contribution in [0.25, 0.3) is 16.6 Å². The van der Waals surface area contributed by atoms with E-state index in [2.05, 4.69) is 0 Å². The highest BCUT2D eigenvalue weighted by molar-refractivity contribution is 5.94. The van der Waals surface area contributed by atoms with E-state index in [1.165, 1.54) is 23.1 Å². The van der Waals surface area contributed by atoms with Crippen molar-refractivity contribution >= 4 is 16.8 Å². The summed E-state index contributed by atoms with van der Waals surface area (Å²) in [6.07, 6.45) is 0. The summed E-state index contributed by atoms with van der Waals surface area (Å²) < 4.78 is 15.2. The first-order chi connectivity index (χ1) is 14.9. The molecule has 4 aromatic rings. The number of hydrogen-bond acceptors (Lipinski definition) is 3. The van der Waals surface area contributed by atoms with Gasteiger partial charge in [0.05, 0.1) is 22.6 Å². The molecule has 5 nitrogen and oxygen atoms in total. The van der Waals surface area contributed by atoms with Crippen molar-refractivity contribution in [2.24, 2.45) is 0 Å². The van der Waals surface area contributed by atoms with Crippen LogP contribution in [0.4, 0.5) is 4.39 Å². The SMILES string of the molecule is Cc1cccc(-n2c(C(C)N(C)C(=O)c3cccc(F)c3)nc3ccccc3c2=O)c1. The lowest BCUT2D eigenvalue weighted by Gasteiger charge is -2.27. The van der Waals surface area contributed by atoms with E-state index in [0.29, 0.717) is 22.4 Å². The Bertz CT molecular complexity index is 1350. The molecule has 1 unspecified atom stereocenters. The molecule has 31 heavy (non-hydrogen) atoms. The fraction of sp³-hybridized carbons (Fsp3) is 0.160. The largest absolute Gasteiger partial charge is 0.332 e. The van der Waals surface area contributed by atoms with E-state index in [-0.39, 0.29) is 17.0 Å². The summed E-state index contributed by atoms with van der Waals surface area (Å²) >= 11 is 0. The Hall–Kier alpha value is -3.80. The number of benzene rings is 3. The molecule has 0 spiro atoms. The van der Waals surface area contributed by atoms with E-state index in [1.54, 1.807) is 42.8 Å². The number of carbonyl (C=O) groups excluding carboxylic acids is 1. The second kappa shape index (κ2) is 8.14. The molecule has 1 atom stereocenters. The zero-order valence-corrected chi connectivity index (χ0v) is 17.5. The van der Waals surface area contributed by atoms with Crippen molar-refractivity contribution in [3.05, 3.63) is 106 Å². The first kappa shape index (κ1) is 20.5. The number of amides is 1. The van der Waals surface area contributed by atoms with Crippen molar-refractivity contribution in [1.82, 2.24) is 14.5 Å². The molecule has 6 heteroatoms. The van der Waals surface area contributed by atoms with Crippen LogP contribution in [-0.2, 0) is 0 Å². The van der Waals surface area contributed by atoms with Crippen molar-refractivity contribution in [3.63, 3.8) is 0 Å². The quantitative estimate of drug-likeness (QED) is 0.487. The molecule has 1 aromatic heterocycles. The minimum atomic E-state index is -0.548. The summed E-state index contributed by atoms with van der Waals surface area (Å²) in [5, 5.41) is 0.499. The molecule has 156 valence electrons.